The minimum Gasteiger partial charge on any atom is -0.325 e. The maximum Gasteiger partial charge on any atom is 0.0200 e. The molecule has 0 saturated carbocycles. The van der Waals surface area contributed by atoms with E-state index in [0.29, 0.717) is 5.92 Å². The van der Waals surface area contributed by atoms with Crippen LogP contribution in [0.5, 0.6) is 0 Å². The smallest absolute Gasteiger partial charge is 0.0200 e. The molecule has 0 heterocycles. The second-order valence-electron chi connectivity index (χ2n) is 16.9. The van der Waals surface area contributed by atoms with Crippen LogP contribution in [0.2, 0.25) is 0 Å². The normalized spacial score (nSPS) is 17.7. The lowest BCUT2D eigenvalue weighted by atomic mass is 9.44. The number of nitrogens with two attached hydrogens (primary N) is 1. The molecule has 2 unspecified atom stereocenters. The Morgan fingerprint density at radius 1 is 0.750 bits per heavy atom. The molecule has 0 saturated heterocycles. The lowest BCUT2D eigenvalue weighted by Crippen LogP contribution is -2.56. The van der Waals surface area contributed by atoms with Crippen molar-refractivity contribution < 1.29 is 0 Å². The molecule has 1 nitrogen and oxygen atoms in total. The van der Waals surface area contributed by atoms with Gasteiger partial charge in [-0.05, 0) is 71.7 Å². The topological polar surface area (TPSA) is 26.0 Å². The third-order valence-corrected chi connectivity index (χ3v) is 10.4. The Hall–Kier alpha value is -1.08. The van der Waals surface area contributed by atoms with Crippen molar-refractivity contribution in [3.8, 4) is 0 Å². The molecule has 1 rings (SSSR count). The van der Waals surface area contributed by atoms with E-state index in [4.69, 9.17) is 5.73 Å². The van der Waals surface area contributed by atoms with Crippen molar-refractivity contribution in [2.75, 3.05) is 0 Å². The minimum atomic E-state index is -0.334. The Balaban J connectivity index is 3.52. The van der Waals surface area contributed by atoms with E-state index in [1.54, 1.807) is 0 Å². The summed E-state index contributed by atoms with van der Waals surface area (Å²) in [4.78, 5) is 0. The van der Waals surface area contributed by atoms with E-state index in [0.717, 1.165) is 12.8 Å². The molecule has 0 spiro atoms. The van der Waals surface area contributed by atoms with Crippen molar-refractivity contribution in [3.05, 3.63) is 47.0 Å². The van der Waals surface area contributed by atoms with Crippen molar-refractivity contribution in [3.63, 3.8) is 0 Å². The molecule has 36 heavy (non-hydrogen) atoms. The van der Waals surface area contributed by atoms with E-state index >= 15 is 0 Å². The summed E-state index contributed by atoms with van der Waals surface area (Å²) in [6.45, 7) is 40.5. The summed E-state index contributed by atoms with van der Waals surface area (Å²) in [5.74, 6) is 0.298. The van der Waals surface area contributed by atoms with Gasteiger partial charge < -0.3 is 5.73 Å². The third kappa shape index (κ3) is 7.27. The Morgan fingerprint density at radius 2 is 1.19 bits per heavy atom. The van der Waals surface area contributed by atoms with Crippen molar-refractivity contribution in [1.82, 2.24) is 0 Å². The molecule has 208 valence electrons. The van der Waals surface area contributed by atoms with Gasteiger partial charge in [0.25, 0.3) is 0 Å². The highest BCUT2D eigenvalue weighted by Gasteiger charge is 2.56. The van der Waals surface area contributed by atoms with Crippen LogP contribution in [-0.2, 0) is 0 Å². The molecule has 0 radical (unpaired) electrons. The van der Waals surface area contributed by atoms with Gasteiger partial charge in [-0.1, -0.05) is 138 Å². The highest BCUT2D eigenvalue weighted by atomic mass is 14.8. The van der Waals surface area contributed by atoms with E-state index in [9.17, 15) is 0 Å². The van der Waals surface area contributed by atoms with Crippen LogP contribution >= 0.6 is 0 Å². The molecule has 0 aromatic heterocycles. The first-order valence-electron chi connectivity index (χ1n) is 14.2. The summed E-state index contributed by atoms with van der Waals surface area (Å²) in [6, 6.07) is 9.10. The molecule has 0 bridgehead atoms. The fraction of sp³-hybridized carbons (Fsp3) is 0.771. The molecule has 0 amide bonds. The fourth-order valence-electron chi connectivity index (χ4n) is 6.39. The summed E-state index contributed by atoms with van der Waals surface area (Å²) in [5.41, 5.74) is 11.7. The Morgan fingerprint density at radius 3 is 1.58 bits per heavy atom. The van der Waals surface area contributed by atoms with Crippen LogP contribution in [0.4, 0.5) is 0 Å². The maximum absolute atomic E-state index is 7.41. The van der Waals surface area contributed by atoms with Gasteiger partial charge in [-0.3, -0.25) is 0 Å². The SMILES string of the molecule is C/C(=C\C(C)(C)C)C(C)(C)C(C)(C)C(C)(C)C(C)(C)CC(C)(N)C(CC(C)(C)C)c1ccc(C)cc1. The third-order valence-electron chi connectivity index (χ3n) is 10.4. The van der Waals surface area contributed by atoms with E-state index in [1.807, 2.05) is 0 Å². The average Bonchev–Trinajstić information content (AvgIpc) is 2.63. The molecule has 0 fully saturated rings. The first kappa shape index (κ1) is 32.9. The molecular formula is C35H63N. The number of hydrogen-bond acceptors (Lipinski definition) is 1. The average molecular weight is 498 g/mol. The lowest BCUT2D eigenvalue weighted by Gasteiger charge is -2.61. The van der Waals surface area contributed by atoms with Gasteiger partial charge in [0, 0.05) is 11.5 Å². The Bertz CT molecular complexity index is 889. The molecule has 2 N–H and O–H groups in total. The summed E-state index contributed by atoms with van der Waals surface area (Å²) >= 11 is 0. The highest BCUT2D eigenvalue weighted by molar-refractivity contribution is 5.28. The Labute approximate surface area is 227 Å². The number of hydrogen-bond donors (Lipinski definition) is 1. The van der Waals surface area contributed by atoms with Gasteiger partial charge in [0.15, 0.2) is 0 Å². The molecule has 2 atom stereocenters. The van der Waals surface area contributed by atoms with Crippen LogP contribution in [-0.4, -0.2) is 5.54 Å². The fourth-order valence-corrected chi connectivity index (χ4v) is 6.39. The quantitative estimate of drug-likeness (QED) is 0.337. The van der Waals surface area contributed by atoms with E-state index in [-0.39, 0.29) is 38.0 Å². The molecule has 1 aromatic rings. The Kier molecular flexibility index (Phi) is 9.37. The molecule has 0 aliphatic rings. The van der Waals surface area contributed by atoms with Gasteiger partial charge in [0.1, 0.15) is 0 Å². The summed E-state index contributed by atoms with van der Waals surface area (Å²) in [5, 5.41) is 0. The zero-order chi connectivity index (χ0) is 28.8. The van der Waals surface area contributed by atoms with Gasteiger partial charge in [-0.15, -0.1) is 0 Å². The number of aryl methyl sites for hydroxylation is 1. The van der Waals surface area contributed by atoms with Crippen molar-refractivity contribution in [1.29, 1.82) is 0 Å². The summed E-state index contributed by atoms with van der Waals surface area (Å²) < 4.78 is 0. The standard InChI is InChI=1S/C35H63N/c1-25-18-20-27(21-19-25)28(23-30(6,7)8)35(17,36)24-31(9,10)33(13,14)34(15,16)32(11,12)26(2)22-29(3,4)5/h18-22,28H,23-24,36H2,1-17H3/b26-22+. The van der Waals surface area contributed by atoms with Crippen molar-refractivity contribution in [2.24, 2.45) is 38.2 Å². The summed E-state index contributed by atoms with van der Waals surface area (Å²) in [6.07, 6.45) is 4.51. The first-order valence-corrected chi connectivity index (χ1v) is 14.2. The second kappa shape index (κ2) is 10.2. The second-order valence-corrected chi connectivity index (χ2v) is 16.9. The van der Waals surface area contributed by atoms with Gasteiger partial charge in [0.2, 0.25) is 0 Å². The van der Waals surface area contributed by atoms with Gasteiger partial charge in [-0.25, -0.2) is 0 Å². The van der Waals surface area contributed by atoms with Crippen molar-refractivity contribution in [2.45, 2.75) is 142 Å². The van der Waals surface area contributed by atoms with Crippen LogP contribution in [0.1, 0.15) is 141 Å². The number of benzene rings is 1. The van der Waals surface area contributed by atoms with Crippen LogP contribution < -0.4 is 5.73 Å². The van der Waals surface area contributed by atoms with Crippen LogP contribution in [0.15, 0.2) is 35.9 Å². The van der Waals surface area contributed by atoms with Gasteiger partial charge >= 0.3 is 0 Å². The zero-order valence-corrected chi connectivity index (χ0v) is 27.5. The molecule has 1 heteroatoms. The van der Waals surface area contributed by atoms with Gasteiger partial charge in [0.05, 0.1) is 0 Å². The number of allylic oxidation sites excluding steroid dienone is 2. The molecular weight excluding hydrogens is 434 g/mol. The van der Waals surface area contributed by atoms with Crippen LogP contribution in [0, 0.1) is 39.4 Å². The van der Waals surface area contributed by atoms with Crippen molar-refractivity contribution >= 4 is 0 Å². The number of rotatable bonds is 9. The highest BCUT2D eigenvalue weighted by Crippen LogP contribution is 2.63. The van der Waals surface area contributed by atoms with E-state index in [1.165, 1.54) is 16.7 Å². The summed E-state index contributed by atoms with van der Waals surface area (Å²) in [7, 11) is 0. The monoisotopic (exact) mass is 497 g/mol. The molecule has 0 aliphatic heterocycles. The van der Waals surface area contributed by atoms with Gasteiger partial charge in [-0.2, -0.15) is 0 Å². The predicted molar refractivity (Wildman–Crippen MR) is 164 cm³/mol. The maximum atomic E-state index is 7.41. The minimum absolute atomic E-state index is 0.0140. The first-order chi connectivity index (χ1) is 15.7. The zero-order valence-electron chi connectivity index (χ0n) is 27.5. The largest absolute Gasteiger partial charge is 0.325 e. The van der Waals surface area contributed by atoms with E-state index in [2.05, 4.69) is 148 Å². The predicted octanol–water partition coefficient (Wildman–Crippen LogP) is 10.7. The molecule has 0 aliphatic carbocycles. The van der Waals surface area contributed by atoms with Crippen LogP contribution in [0.3, 0.4) is 0 Å². The van der Waals surface area contributed by atoms with E-state index < -0.39 is 0 Å². The van der Waals surface area contributed by atoms with Crippen LogP contribution in [0.25, 0.3) is 0 Å². The lowest BCUT2D eigenvalue weighted by molar-refractivity contribution is -0.0922. The molecule has 1 aromatic carbocycles.